The molecular formula is C12H16N6O6S. The van der Waals surface area contributed by atoms with E-state index in [1.807, 2.05) is 5.48 Å². The molecule has 0 spiro atoms. The van der Waals surface area contributed by atoms with Crippen molar-refractivity contribution in [3.05, 3.63) is 12.2 Å². The summed E-state index contributed by atoms with van der Waals surface area (Å²) in [5.74, 6) is -1.06. The quantitative estimate of drug-likeness (QED) is 0.171. The number of primary amides is 1. The Hall–Kier alpha value is -2.03. The number of aryl methyl sites for hydroxylation is 1. The van der Waals surface area contributed by atoms with Gasteiger partial charge in [-0.2, -0.15) is 0 Å². The number of amides is 1. The average Bonchev–Trinajstić information content (AvgIpc) is 3.05. The van der Waals surface area contributed by atoms with Crippen molar-refractivity contribution in [2.45, 2.75) is 29.8 Å². The van der Waals surface area contributed by atoms with E-state index in [-0.39, 0.29) is 22.8 Å². The van der Waals surface area contributed by atoms with E-state index in [4.69, 9.17) is 10.5 Å². The number of anilines is 1. The highest BCUT2D eigenvalue weighted by molar-refractivity contribution is 7.81. The lowest BCUT2D eigenvalue weighted by Gasteiger charge is -2.36. The molecule has 0 aliphatic carbocycles. The molecule has 1 saturated heterocycles. The Morgan fingerprint density at radius 1 is 1.56 bits per heavy atom. The van der Waals surface area contributed by atoms with E-state index in [1.54, 1.807) is 0 Å². The molecule has 0 radical (unpaired) electrons. The van der Waals surface area contributed by atoms with E-state index in [0.29, 0.717) is 0 Å². The standard InChI is InChI=1S/C12H16N6O6S/c1-4-15-8(17-23)6-9(16-4)18(3-14-6)11(10(13)21)12(22,25)7(20)5(2-19)24-11/h3,5,7,19-20,22-23,25H,2H2,1H3,(H2,13,21)(H,15,16,17)/t5-,7-,11-,12+/m1/s1. The molecule has 0 aromatic carbocycles. The largest absolute Gasteiger partial charge is 0.394 e. The first kappa shape index (κ1) is 17.8. The summed E-state index contributed by atoms with van der Waals surface area (Å²) in [6.07, 6.45) is -2.02. The highest BCUT2D eigenvalue weighted by Crippen LogP contribution is 2.47. The number of nitrogens with one attached hydrogen (secondary N) is 1. The van der Waals surface area contributed by atoms with Gasteiger partial charge in [0, 0.05) is 0 Å². The van der Waals surface area contributed by atoms with Gasteiger partial charge in [-0.1, -0.05) is 0 Å². The third kappa shape index (κ3) is 2.21. The molecule has 2 aromatic heterocycles. The Morgan fingerprint density at radius 3 is 2.76 bits per heavy atom. The van der Waals surface area contributed by atoms with E-state index in [9.17, 15) is 25.3 Å². The minimum Gasteiger partial charge on any atom is -0.394 e. The maximum atomic E-state index is 12.3. The molecule has 4 atom stereocenters. The number of imidazole rings is 1. The molecule has 1 aliphatic heterocycles. The average molecular weight is 372 g/mol. The summed E-state index contributed by atoms with van der Waals surface area (Å²) in [5, 5.41) is 39.4. The fourth-order valence-corrected chi connectivity index (χ4v) is 3.31. The van der Waals surface area contributed by atoms with Gasteiger partial charge in [-0.05, 0) is 6.92 Å². The Balaban J connectivity index is 2.33. The monoisotopic (exact) mass is 372 g/mol. The van der Waals surface area contributed by atoms with Gasteiger partial charge >= 0.3 is 0 Å². The highest BCUT2D eigenvalue weighted by atomic mass is 32.1. The van der Waals surface area contributed by atoms with Crippen LogP contribution in [0, 0.1) is 6.92 Å². The number of carbonyl (C=O) groups excluding carboxylic acids is 1. The molecule has 1 aliphatic rings. The lowest BCUT2D eigenvalue weighted by atomic mass is 10.0. The number of aromatic nitrogens is 4. The second-order valence-corrected chi connectivity index (χ2v) is 6.22. The number of nitrogens with zero attached hydrogens (tertiary/aromatic N) is 4. The molecule has 2 aromatic rings. The third-order valence-electron chi connectivity index (χ3n) is 4.05. The van der Waals surface area contributed by atoms with Crippen LogP contribution >= 0.6 is 12.6 Å². The summed E-state index contributed by atoms with van der Waals surface area (Å²) in [6, 6.07) is 0. The van der Waals surface area contributed by atoms with Gasteiger partial charge in [0.2, 0.25) is 0 Å². The summed E-state index contributed by atoms with van der Waals surface area (Å²) in [7, 11) is 0. The van der Waals surface area contributed by atoms with Gasteiger partial charge in [0.05, 0.1) is 6.61 Å². The smallest absolute Gasteiger partial charge is 0.275 e. The van der Waals surface area contributed by atoms with Crippen molar-refractivity contribution in [3.63, 3.8) is 0 Å². The molecular weight excluding hydrogens is 356 g/mol. The number of thiol groups is 1. The van der Waals surface area contributed by atoms with E-state index in [2.05, 4.69) is 27.6 Å². The molecule has 13 heteroatoms. The fourth-order valence-electron chi connectivity index (χ4n) is 2.88. The SMILES string of the molecule is Cc1nc(NO)c2ncn([C@]3(C(N)=O)O[C@H](CO)[C@@H](O)[C@]3(O)S)c2n1. The van der Waals surface area contributed by atoms with Crippen LogP contribution in [0.4, 0.5) is 5.82 Å². The first-order valence-electron chi connectivity index (χ1n) is 7.04. The van der Waals surface area contributed by atoms with Gasteiger partial charge < -0.3 is 25.8 Å². The van der Waals surface area contributed by atoms with E-state index in [1.165, 1.54) is 6.92 Å². The predicted molar refractivity (Wildman–Crippen MR) is 84.5 cm³/mol. The maximum Gasteiger partial charge on any atom is 0.275 e. The lowest BCUT2D eigenvalue weighted by Crippen LogP contribution is -2.60. The van der Waals surface area contributed by atoms with Crippen LogP contribution in [0.2, 0.25) is 0 Å². The zero-order valence-corrected chi connectivity index (χ0v) is 13.8. The molecule has 25 heavy (non-hydrogen) atoms. The number of aliphatic hydroxyl groups excluding tert-OH is 2. The molecule has 12 nitrogen and oxygen atoms in total. The molecule has 0 bridgehead atoms. The first-order chi connectivity index (χ1) is 11.7. The van der Waals surface area contributed by atoms with Crippen LogP contribution in [0.1, 0.15) is 5.82 Å². The maximum absolute atomic E-state index is 12.3. The number of ether oxygens (including phenoxy) is 1. The van der Waals surface area contributed by atoms with Gasteiger partial charge in [0.25, 0.3) is 11.6 Å². The zero-order chi connectivity index (χ0) is 18.6. The number of carbonyl (C=O) groups is 1. The Kier molecular flexibility index (Phi) is 4.09. The van der Waals surface area contributed by atoms with Crippen molar-refractivity contribution in [1.82, 2.24) is 19.5 Å². The van der Waals surface area contributed by atoms with Gasteiger partial charge in [-0.3, -0.25) is 20.0 Å². The van der Waals surface area contributed by atoms with Crippen LogP contribution in [0.3, 0.4) is 0 Å². The van der Waals surface area contributed by atoms with Crippen molar-refractivity contribution in [1.29, 1.82) is 0 Å². The van der Waals surface area contributed by atoms with Crippen molar-refractivity contribution < 1.29 is 30.1 Å². The van der Waals surface area contributed by atoms with E-state index in [0.717, 1.165) is 10.9 Å². The highest BCUT2D eigenvalue weighted by Gasteiger charge is 2.69. The number of hydrogen-bond acceptors (Lipinski definition) is 11. The Bertz CT molecular complexity index is 843. The number of nitrogens with two attached hydrogens (primary N) is 1. The van der Waals surface area contributed by atoms with E-state index >= 15 is 0 Å². The van der Waals surface area contributed by atoms with Gasteiger partial charge in [0.15, 0.2) is 21.9 Å². The van der Waals surface area contributed by atoms with Crippen molar-refractivity contribution >= 4 is 35.5 Å². The van der Waals surface area contributed by atoms with Gasteiger partial charge in [-0.25, -0.2) is 15.0 Å². The molecule has 3 heterocycles. The summed E-state index contributed by atoms with van der Waals surface area (Å²) in [5.41, 5.74) is 4.90. The van der Waals surface area contributed by atoms with Crippen molar-refractivity contribution in [3.8, 4) is 0 Å². The molecule has 0 saturated carbocycles. The van der Waals surface area contributed by atoms with Crippen LogP contribution in [-0.2, 0) is 15.3 Å². The predicted octanol–water partition coefficient (Wildman–Crippen LogP) is -2.56. The van der Waals surface area contributed by atoms with Crippen LogP contribution < -0.4 is 11.2 Å². The summed E-state index contributed by atoms with van der Waals surface area (Å²) in [4.78, 5) is 21.8. The molecule has 1 fully saturated rings. The summed E-state index contributed by atoms with van der Waals surface area (Å²) in [6.45, 7) is 0.811. The van der Waals surface area contributed by atoms with Crippen LogP contribution in [0.15, 0.2) is 6.33 Å². The number of fused-ring (bicyclic) bond motifs is 1. The second-order valence-electron chi connectivity index (χ2n) is 5.54. The van der Waals surface area contributed by atoms with E-state index < -0.39 is 35.4 Å². The Labute approximate surface area is 145 Å². The molecule has 1 amide bonds. The minimum atomic E-state index is -2.51. The Morgan fingerprint density at radius 2 is 2.24 bits per heavy atom. The first-order valence-corrected chi connectivity index (χ1v) is 7.49. The number of aliphatic hydroxyl groups is 3. The normalized spacial score (nSPS) is 32.2. The molecule has 136 valence electrons. The minimum absolute atomic E-state index is 0.0267. The fraction of sp³-hybridized carbons (Fsp3) is 0.500. The van der Waals surface area contributed by atoms with Crippen molar-refractivity contribution in [2.75, 3.05) is 12.1 Å². The van der Waals surface area contributed by atoms with Crippen molar-refractivity contribution in [2.24, 2.45) is 5.73 Å². The lowest BCUT2D eigenvalue weighted by molar-refractivity contribution is -0.178. The zero-order valence-electron chi connectivity index (χ0n) is 12.9. The molecule has 7 N–H and O–H groups in total. The topological polar surface area (TPSA) is 189 Å². The molecule has 3 rings (SSSR count). The molecule has 0 unspecified atom stereocenters. The number of hydrogen-bond donors (Lipinski definition) is 7. The number of rotatable bonds is 4. The summed E-state index contributed by atoms with van der Waals surface area (Å²) < 4.78 is 6.41. The third-order valence-corrected chi connectivity index (χ3v) is 4.62. The second kappa shape index (κ2) is 5.76. The van der Waals surface area contributed by atoms with Gasteiger partial charge in [0.1, 0.15) is 24.4 Å². The van der Waals surface area contributed by atoms with Crippen LogP contribution in [0.5, 0.6) is 0 Å². The van der Waals surface area contributed by atoms with Gasteiger partial charge in [-0.15, -0.1) is 12.6 Å². The van der Waals surface area contributed by atoms with Crippen LogP contribution in [0.25, 0.3) is 11.2 Å². The summed E-state index contributed by atoms with van der Waals surface area (Å²) >= 11 is 3.98. The van der Waals surface area contributed by atoms with Crippen LogP contribution in [-0.4, -0.2) is 69.7 Å².